The summed E-state index contributed by atoms with van der Waals surface area (Å²) in [6.07, 6.45) is 2.57. The molecule has 0 saturated carbocycles. The van der Waals surface area contributed by atoms with Gasteiger partial charge in [0.1, 0.15) is 0 Å². The maximum atomic E-state index is 11.5. The van der Waals surface area contributed by atoms with E-state index < -0.39 is 0 Å². The molecule has 0 spiro atoms. The van der Waals surface area contributed by atoms with E-state index in [0.29, 0.717) is 18.9 Å². The zero-order chi connectivity index (χ0) is 12.5. The first-order valence-electron chi connectivity index (χ1n) is 5.56. The van der Waals surface area contributed by atoms with Crippen molar-refractivity contribution in [1.82, 2.24) is 5.32 Å². The van der Waals surface area contributed by atoms with Crippen LogP contribution in [0.25, 0.3) is 0 Å². The largest absolute Gasteiger partial charge is 0.461 e. The highest BCUT2D eigenvalue weighted by molar-refractivity contribution is 5.95. The van der Waals surface area contributed by atoms with Crippen LogP contribution < -0.4 is 5.32 Å². The fraction of sp³-hybridized carbons (Fsp3) is 0.500. The van der Waals surface area contributed by atoms with Crippen LogP contribution in [0.1, 0.15) is 29.8 Å². The summed E-state index contributed by atoms with van der Waals surface area (Å²) in [4.78, 5) is 22.8. The molecular formula is C12H17NO4. The van der Waals surface area contributed by atoms with Gasteiger partial charge in [0.05, 0.1) is 6.26 Å². The van der Waals surface area contributed by atoms with E-state index in [1.54, 1.807) is 19.2 Å². The summed E-state index contributed by atoms with van der Waals surface area (Å²) in [6.45, 7) is 1.19. The molecule has 0 fully saturated rings. The van der Waals surface area contributed by atoms with E-state index in [9.17, 15) is 9.59 Å². The molecule has 0 atom stereocenters. The summed E-state index contributed by atoms with van der Waals surface area (Å²) in [7, 11) is 1.61. The van der Waals surface area contributed by atoms with Gasteiger partial charge >= 0.3 is 0 Å². The quantitative estimate of drug-likeness (QED) is 0.550. The van der Waals surface area contributed by atoms with E-state index in [-0.39, 0.29) is 24.5 Å². The predicted octanol–water partition coefficient (Wildman–Crippen LogP) is 1.40. The van der Waals surface area contributed by atoms with Crippen LogP contribution in [0.5, 0.6) is 0 Å². The van der Waals surface area contributed by atoms with Crippen LogP contribution in [-0.4, -0.2) is 32.0 Å². The first-order valence-corrected chi connectivity index (χ1v) is 5.56. The number of carbonyl (C=O) groups excluding carboxylic acids is 2. The second-order valence-corrected chi connectivity index (χ2v) is 3.60. The normalized spacial score (nSPS) is 10.2. The van der Waals surface area contributed by atoms with Gasteiger partial charge in [0, 0.05) is 33.1 Å². The third-order valence-corrected chi connectivity index (χ3v) is 2.22. The number of rotatable bonds is 8. The monoisotopic (exact) mass is 239 g/mol. The lowest BCUT2D eigenvalue weighted by atomic mass is 10.2. The molecule has 0 aliphatic rings. The fourth-order valence-electron chi connectivity index (χ4n) is 1.32. The van der Waals surface area contributed by atoms with E-state index in [1.807, 2.05) is 0 Å². The SMILES string of the molecule is COCCCNC(=O)CCC(=O)c1ccco1. The van der Waals surface area contributed by atoms with Gasteiger partial charge in [0.25, 0.3) is 0 Å². The molecule has 1 amide bonds. The lowest BCUT2D eigenvalue weighted by Crippen LogP contribution is -2.25. The Balaban J connectivity index is 2.13. The Labute approximate surface area is 100 Å². The smallest absolute Gasteiger partial charge is 0.220 e. The number of methoxy groups -OCH3 is 1. The first-order chi connectivity index (χ1) is 8.24. The van der Waals surface area contributed by atoms with Crippen molar-refractivity contribution in [2.45, 2.75) is 19.3 Å². The van der Waals surface area contributed by atoms with E-state index in [4.69, 9.17) is 9.15 Å². The molecule has 1 N–H and O–H groups in total. The van der Waals surface area contributed by atoms with Gasteiger partial charge in [0.15, 0.2) is 11.5 Å². The van der Waals surface area contributed by atoms with Crippen molar-refractivity contribution in [3.8, 4) is 0 Å². The maximum absolute atomic E-state index is 11.5. The molecule has 1 aromatic rings. The van der Waals surface area contributed by atoms with Crippen LogP contribution in [0.3, 0.4) is 0 Å². The van der Waals surface area contributed by atoms with Crippen LogP contribution in [0, 0.1) is 0 Å². The van der Waals surface area contributed by atoms with Gasteiger partial charge in [-0.3, -0.25) is 9.59 Å². The molecule has 1 heterocycles. The molecule has 5 nitrogen and oxygen atoms in total. The minimum atomic E-state index is -0.151. The number of ketones is 1. The molecule has 1 aromatic heterocycles. The van der Waals surface area contributed by atoms with Gasteiger partial charge in [-0.15, -0.1) is 0 Å². The fourth-order valence-corrected chi connectivity index (χ4v) is 1.32. The van der Waals surface area contributed by atoms with Crippen LogP contribution in [-0.2, 0) is 9.53 Å². The minimum Gasteiger partial charge on any atom is -0.461 e. The number of hydrogen-bond acceptors (Lipinski definition) is 4. The Morgan fingerprint density at radius 1 is 1.41 bits per heavy atom. The summed E-state index contributed by atoms with van der Waals surface area (Å²) < 4.78 is 9.80. The third kappa shape index (κ3) is 5.31. The van der Waals surface area contributed by atoms with Crippen LogP contribution in [0.2, 0.25) is 0 Å². The molecule has 0 radical (unpaired) electrons. The summed E-state index contributed by atoms with van der Waals surface area (Å²) in [6, 6.07) is 3.25. The second-order valence-electron chi connectivity index (χ2n) is 3.60. The molecule has 0 aromatic carbocycles. The van der Waals surface area contributed by atoms with Crippen molar-refractivity contribution in [2.24, 2.45) is 0 Å². The van der Waals surface area contributed by atoms with Crippen LogP contribution in [0.15, 0.2) is 22.8 Å². The molecule has 94 valence electrons. The van der Waals surface area contributed by atoms with E-state index in [1.165, 1.54) is 6.26 Å². The summed E-state index contributed by atoms with van der Waals surface area (Å²) in [5, 5.41) is 2.72. The van der Waals surface area contributed by atoms with Crippen molar-refractivity contribution in [3.05, 3.63) is 24.2 Å². The number of carbonyl (C=O) groups is 2. The molecule has 1 rings (SSSR count). The predicted molar refractivity (Wildman–Crippen MR) is 61.8 cm³/mol. The van der Waals surface area contributed by atoms with Gasteiger partial charge in [-0.2, -0.15) is 0 Å². The Morgan fingerprint density at radius 3 is 2.88 bits per heavy atom. The van der Waals surface area contributed by atoms with E-state index >= 15 is 0 Å². The van der Waals surface area contributed by atoms with Gasteiger partial charge in [-0.25, -0.2) is 0 Å². The first kappa shape index (κ1) is 13.4. The summed E-state index contributed by atoms with van der Waals surface area (Å²) >= 11 is 0. The van der Waals surface area contributed by atoms with Crippen molar-refractivity contribution in [2.75, 3.05) is 20.3 Å². The number of furan rings is 1. The van der Waals surface area contributed by atoms with Crippen molar-refractivity contribution in [1.29, 1.82) is 0 Å². The Kier molecular flexibility index (Phi) is 6.03. The molecule has 0 unspecified atom stereocenters. The zero-order valence-electron chi connectivity index (χ0n) is 9.90. The molecule has 0 bridgehead atoms. The Bertz CT molecular complexity index is 345. The number of amides is 1. The van der Waals surface area contributed by atoms with Crippen molar-refractivity contribution in [3.63, 3.8) is 0 Å². The topological polar surface area (TPSA) is 68.5 Å². The number of hydrogen-bond donors (Lipinski definition) is 1. The third-order valence-electron chi connectivity index (χ3n) is 2.22. The lowest BCUT2D eigenvalue weighted by Gasteiger charge is -2.03. The van der Waals surface area contributed by atoms with Gasteiger partial charge in [-0.1, -0.05) is 0 Å². The highest BCUT2D eigenvalue weighted by Crippen LogP contribution is 2.05. The van der Waals surface area contributed by atoms with Crippen molar-refractivity contribution >= 4 is 11.7 Å². The summed E-state index contributed by atoms with van der Waals surface area (Å²) in [5.41, 5.74) is 0. The Morgan fingerprint density at radius 2 is 2.24 bits per heavy atom. The average Bonchev–Trinajstić information content (AvgIpc) is 2.85. The molecule has 0 aliphatic heterocycles. The average molecular weight is 239 g/mol. The second kappa shape index (κ2) is 7.62. The zero-order valence-corrected chi connectivity index (χ0v) is 9.90. The number of Topliss-reactive ketones (excluding diaryl/α,β-unsaturated/α-hetero) is 1. The molecule has 0 saturated heterocycles. The van der Waals surface area contributed by atoms with E-state index in [2.05, 4.69) is 5.32 Å². The minimum absolute atomic E-state index is 0.124. The van der Waals surface area contributed by atoms with Gasteiger partial charge in [0.2, 0.25) is 5.91 Å². The number of ether oxygens (including phenoxy) is 1. The molecule has 5 heteroatoms. The highest BCUT2D eigenvalue weighted by atomic mass is 16.5. The highest BCUT2D eigenvalue weighted by Gasteiger charge is 2.10. The van der Waals surface area contributed by atoms with Gasteiger partial charge < -0.3 is 14.5 Å². The molecule has 17 heavy (non-hydrogen) atoms. The standard InChI is InChI=1S/C12H17NO4/c1-16-8-3-7-13-12(15)6-5-10(14)11-4-2-9-17-11/h2,4,9H,3,5-8H2,1H3,(H,13,15). The van der Waals surface area contributed by atoms with Crippen LogP contribution >= 0.6 is 0 Å². The molecule has 0 aliphatic carbocycles. The summed E-state index contributed by atoms with van der Waals surface area (Å²) in [5.74, 6) is 0.0280. The van der Waals surface area contributed by atoms with Crippen molar-refractivity contribution < 1.29 is 18.7 Å². The number of nitrogens with one attached hydrogen (secondary N) is 1. The maximum Gasteiger partial charge on any atom is 0.220 e. The van der Waals surface area contributed by atoms with E-state index in [0.717, 1.165) is 6.42 Å². The Hall–Kier alpha value is -1.62. The molecular weight excluding hydrogens is 222 g/mol. The lowest BCUT2D eigenvalue weighted by molar-refractivity contribution is -0.121. The van der Waals surface area contributed by atoms with Crippen LogP contribution in [0.4, 0.5) is 0 Å². The van der Waals surface area contributed by atoms with Gasteiger partial charge in [-0.05, 0) is 18.6 Å².